The van der Waals surface area contributed by atoms with Gasteiger partial charge in [-0.1, -0.05) is 23.2 Å². The van der Waals surface area contributed by atoms with Crippen LogP contribution in [0.15, 0.2) is 36.4 Å². The molecule has 0 atom stereocenters. The molecule has 0 bridgehead atoms. The lowest BCUT2D eigenvalue weighted by Gasteiger charge is -2.11. The first-order chi connectivity index (χ1) is 9.52. The molecule has 0 aromatic heterocycles. The number of rotatable bonds is 4. The molecule has 20 heavy (non-hydrogen) atoms. The predicted octanol–water partition coefficient (Wildman–Crippen LogP) is 4.42. The van der Waals surface area contributed by atoms with Gasteiger partial charge in [-0.25, -0.2) is 4.39 Å². The van der Waals surface area contributed by atoms with Crippen molar-refractivity contribution in [2.45, 2.75) is 13.8 Å². The standard InChI is InChI=1S/C16H14ClFO2/c1-3-20-15-7-4-10(2)8-13(15)16(19)12-6-5-11(18)9-14(12)17/h4-9H,3H2,1-2H3. The number of hydrogen-bond acceptors (Lipinski definition) is 2. The summed E-state index contributed by atoms with van der Waals surface area (Å²) in [6, 6.07) is 9.10. The van der Waals surface area contributed by atoms with Gasteiger partial charge in [0.25, 0.3) is 0 Å². The third-order valence-corrected chi connectivity index (χ3v) is 3.17. The summed E-state index contributed by atoms with van der Waals surface area (Å²) < 4.78 is 18.5. The first-order valence-corrected chi connectivity index (χ1v) is 6.64. The molecule has 0 N–H and O–H groups in total. The summed E-state index contributed by atoms with van der Waals surface area (Å²) in [5.41, 5.74) is 1.63. The first kappa shape index (κ1) is 14.5. The van der Waals surface area contributed by atoms with Crippen molar-refractivity contribution in [2.75, 3.05) is 6.61 Å². The molecule has 0 amide bonds. The summed E-state index contributed by atoms with van der Waals surface area (Å²) in [7, 11) is 0. The molecule has 0 aliphatic carbocycles. The highest BCUT2D eigenvalue weighted by molar-refractivity contribution is 6.35. The summed E-state index contributed by atoms with van der Waals surface area (Å²) in [5.74, 6) is -0.244. The molecule has 0 aliphatic heterocycles. The molecule has 0 unspecified atom stereocenters. The van der Waals surface area contributed by atoms with Crippen molar-refractivity contribution in [3.8, 4) is 5.75 Å². The molecule has 0 saturated carbocycles. The van der Waals surface area contributed by atoms with E-state index in [1.807, 2.05) is 19.9 Å². The lowest BCUT2D eigenvalue weighted by Crippen LogP contribution is -2.06. The maximum Gasteiger partial charge on any atom is 0.198 e. The van der Waals surface area contributed by atoms with Crippen molar-refractivity contribution in [2.24, 2.45) is 0 Å². The number of ketones is 1. The van der Waals surface area contributed by atoms with Gasteiger partial charge >= 0.3 is 0 Å². The number of carbonyl (C=O) groups is 1. The van der Waals surface area contributed by atoms with E-state index in [1.165, 1.54) is 12.1 Å². The van der Waals surface area contributed by atoms with Crippen LogP contribution < -0.4 is 4.74 Å². The largest absolute Gasteiger partial charge is 0.493 e. The highest BCUT2D eigenvalue weighted by atomic mass is 35.5. The number of halogens is 2. The summed E-state index contributed by atoms with van der Waals surface area (Å²) >= 11 is 5.94. The molecule has 0 saturated heterocycles. The van der Waals surface area contributed by atoms with E-state index in [1.54, 1.807) is 12.1 Å². The van der Waals surface area contributed by atoms with E-state index in [2.05, 4.69) is 0 Å². The molecule has 0 fully saturated rings. The van der Waals surface area contributed by atoms with Crippen molar-refractivity contribution in [1.29, 1.82) is 0 Å². The molecule has 0 aliphatic rings. The van der Waals surface area contributed by atoms with Crippen LogP contribution in [-0.2, 0) is 0 Å². The number of ether oxygens (including phenoxy) is 1. The molecule has 2 rings (SSSR count). The van der Waals surface area contributed by atoms with Gasteiger partial charge < -0.3 is 4.74 Å². The van der Waals surface area contributed by atoms with E-state index >= 15 is 0 Å². The van der Waals surface area contributed by atoms with E-state index in [0.29, 0.717) is 17.9 Å². The molecular formula is C16H14ClFO2. The smallest absolute Gasteiger partial charge is 0.198 e. The van der Waals surface area contributed by atoms with Crippen LogP contribution in [0.5, 0.6) is 5.75 Å². The van der Waals surface area contributed by atoms with Crippen molar-refractivity contribution < 1.29 is 13.9 Å². The number of hydrogen-bond donors (Lipinski definition) is 0. The Balaban J connectivity index is 2.49. The van der Waals surface area contributed by atoms with Crippen molar-refractivity contribution in [1.82, 2.24) is 0 Å². The van der Waals surface area contributed by atoms with Gasteiger partial charge in [-0.15, -0.1) is 0 Å². The van der Waals surface area contributed by atoms with Gasteiger partial charge in [0.1, 0.15) is 11.6 Å². The van der Waals surface area contributed by atoms with Gasteiger partial charge in [-0.2, -0.15) is 0 Å². The molecule has 2 aromatic carbocycles. The summed E-state index contributed by atoms with van der Waals surface area (Å²) in [6.45, 7) is 4.19. The second kappa shape index (κ2) is 6.06. The Hall–Kier alpha value is -1.87. The second-order valence-corrected chi connectivity index (χ2v) is 4.79. The molecule has 0 radical (unpaired) electrons. The number of aryl methyl sites for hydroxylation is 1. The van der Waals surface area contributed by atoms with E-state index in [4.69, 9.17) is 16.3 Å². The van der Waals surface area contributed by atoms with Crippen LogP contribution in [0.1, 0.15) is 28.4 Å². The van der Waals surface area contributed by atoms with Crippen LogP contribution in [0, 0.1) is 12.7 Å². The van der Waals surface area contributed by atoms with E-state index in [9.17, 15) is 9.18 Å². The topological polar surface area (TPSA) is 26.3 Å². The zero-order valence-corrected chi connectivity index (χ0v) is 12.0. The average Bonchev–Trinajstić information content (AvgIpc) is 2.40. The highest BCUT2D eigenvalue weighted by Gasteiger charge is 2.18. The molecule has 2 nitrogen and oxygen atoms in total. The third kappa shape index (κ3) is 2.99. The van der Waals surface area contributed by atoms with Crippen molar-refractivity contribution in [3.05, 3.63) is 63.9 Å². The van der Waals surface area contributed by atoms with Crippen LogP contribution >= 0.6 is 11.6 Å². The zero-order chi connectivity index (χ0) is 14.7. The maximum atomic E-state index is 13.1. The van der Waals surface area contributed by atoms with Gasteiger partial charge in [0.15, 0.2) is 5.78 Å². The summed E-state index contributed by atoms with van der Waals surface area (Å²) in [6.07, 6.45) is 0. The van der Waals surface area contributed by atoms with Crippen LogP contribution in [0.4, 0.5) is 4.39 Å². The minimum absolute atomic E-state index is 0.0963. The van der Waals surface area contributed by atoms with Gasteiger partial charge in [-0.05, 0) is 44.2 Å². The minimum atomic E-state index is -0.471. The summed E-state index contributed by atoms with van der Waals surface area (Å²) in [5, 5.41) is 0.0963. The quantitative estimate of drug-likeness (QED) is 0.780. The van der Waals surface area contributed by atoms with Crippen LogP contribution in [0.2, 0.25) is 5.02 Å². The molecule has 4 heteroatoms. The minimum Gasteiger partial charge on any atom is -0.493 e. The number of carbonyl (C=O) groups excluding carboxylic acids is 1. The van der Waals surface area contributed by atoms with E-state index < -0.39 is 5.82 Å². The Morgan fingerprint density at radius 2 is 1.95 bits per heavy atom. The molecule has 2 aromatic rings. The van der Waals surface area contributed by atoms with E-state index in [-0.39, 0.29) is 16.4 Å². The Labute approximate surface area is 122 Å². The Morgan fingerprint density at radius 1 is 1.20 bits per heavy atom. The van der Waals surface area contributed by atoms with Crippen LogP contribution in [0.25, 0.3) is 0 Å². The number of benzene rings is 2. The molecular weight excluding hydrogens is 279 g/mol. The Kier molecular flexibility index (Phi) is 4.40. The van der Waals surface area contributed by atoms with Gasteiger partial charge in [0, 0.05) is 5.56 Å². The SMILES string of the molecule is CCOc1ccc(C)cc1C(=O)c1ccc(F)cc1Cl. The normalized spacial score (nSPS) is 10.4. The Morgan fingerprint density at radius 3 is 2.60 bits per heavy atom. The maximum absolute atomic E-state index is 13.1. The average molecular weight is 293 g/mol. The molecule has 0 heterocycles. The van der Waals surface area contributed by atoms with Gasteiger partial charge in [-0.3, -0.25) is 4.79 Å². The molecule has 0 spiro atoms. The fourth-order valence-electron chi connectivity index (χ4n) is 1.92. The monoisotopic (exact) mass is 292 g/mol. The van der Waals surface area contributed by atoms with Gasteiger partial charge in [0.2, 0.25) is 0 Å². The van der Waals surface area contributed by atoms with E-state index in [0.717, 1.165) is 11.6 Å². The summed E-state index contributed by atoms with van der Waals surface area (Å²) in [4.78, 5) is 12.5. The zero-order valence-electron chi connectivity index (χ0n) is 11.2. The fraction of sp³-hybridized carbons (Fsp3) is 0.188. The lowest BCUT2D eigenvalue weighted by molar-refractivity contribution is 0.103. The third-order valence-electron chi connectivity index (χ3n) is 2.86. The predicted molar refractivity (Wildman–Crippen MR) is 77.2 cm³/mol. The van der Waals surface area contributed by atoms with Gasteiger partial charge in [0.05, 0.1) is 17.2 Å². The lowest BCUT2D eigenvalue weighted by atomic mass is 10.0. The van der Waals surface area contributed by atoms with Crippen molar-refractivity contribution in [3.63, 3.8) is 0 Å². The Bertz CT molecular complexity index is 653. The van der Waals surface area contributed by atoms with Crippen LogP contribution in [0.3, 0.4) is 0 Å². The molecule has 104 valence electrons. The van der Waals surface area contributed by atoms with Crippen molar-refractivity contribution >= 4 is 17.4 Å². The first-order valence-electron chi connectivity index (χ1n) is 6.26. The fourth-order valence-corrected chi connectivity index (χ4v) is 2.17. The highest BCUT2D eigenvalue weighted by Crippen LogP contribution is 2.27. The van der Waals surface area contributed by atoms with Crippen LogP contribution in [-0.4, -0.2) is 12.4 Å². The second-order valence-electron chi connectivity index (χ2n) is 4.39.